The zero-order chi connectivity index (χ0) is 20.7. The van der Waals surface area contributed by atoms with Gasteiger partial charge in [0.1, 0.15) is 6.54 Å². The van der Waals surface area contributed by atoms with Crippen LogP contribution in [0.2, 0.25) is 0 Å². The maximum atomic E-state index is 12.1. The van der Waals surface area contributed by atoms with Crippen LogP contribution in [0.4, 0.5) is 5.69 Å². The van der Waals surface area contributed by atoms with Gasteiger partial charge in [-0.2, -0.15) is 5.10 Å². The van der Waals surface area contributed by atoms with Crippen molar-refractivity contribution in [1.82, 2.24) is 5.43 Å². The molecule has 1 amide bonds. The van der Waals surface area contributed by atoms with E-state index < -0.39 is 28.4 Å². The number of nitrogens with one attached hydrogen (secondary N) is 1. The second-order valence-electron chi connectivity index (χ2n) is 5.66. The second kappa shape index (κ2) is 9.47. The van der Waals surface area contributed by atoms with Crippen LogP contribution in [0.25, 0.3) is 0 Å². The number of esters is 1. The summed E-state index contributed by atoms with van der Waals surface area (Å²) in [6.07, 6.45) is 2.40. The topological polar surface area (TPSA) is 105 Å². The molecule has 1 N–H and O–H groups in total. The van der Waals surface area contributed by atoms with Crippen molar-refractivity contribution >= 4 is 49.7 Å². The number of anilines is 1. The first-order chi connectivity index (χ1) is 13.2. The Hall–Kier alpha value is -2.72. The minimum Gasteiger partial charge on any atom is -0.465 e. The highest BCUT2D eigenvalue weighted by molar-refractivity contribution is 9.10. The average Bonchev–Trinajstić information content (AvgIpc) is 2.65. The Kier molecular flexibility index (Phi) is 7.30. The van der Waals surface area contributed by atoms with Crippen LogP contribution in [0.1, 0.15) is 15.9 Å². The number of halogens is 1. The van der Waals surface area contributed by atoms with Gasteiger partial charge in [-0.25, -0.2) is 18.6 Å². The van der Waals surface area contributed by atoms with Crippen molar-refractivity contribution in [3.8, 4) is 0 Å². The minimum absolute atomic E-state index is 0.356. The summed E-state index contributed by atoms with van der Waals surface area (Å²) in [5.41, 5.74) is 3.67. The molecule has 0 radical (unpaired) electrons. The van der Waals surface area contributed by atoms with Crippen LogP contribution in [0.5, 0.6) is 0 Å². The number of methoxy groups -OCH3 is 1. The summed E-state index contributed by atoms with van der Waals surface area (Å²) in [5, 5.41) is 3.81. The number of hydrogen-bond acceptors (Lipinski definition) is 6. The molecule has 0 atom stereocenters. The van der Waals surface area contributed by atoms with Crippen LogP contribution < -0.4 is 9.73 Å². The Morgan fingerprint density at radius 1 is 1.21 bits per heavy atom. The normalized spacial score (nSPS) is 11.2. The lowest BCUT2D eigenvalue weighted by Crippen LogP contribution is -2.39. The van der Waals surface area contributed by atoms with Crippen molar-refractivity contribution in [2.24, 2.45) is 5.10 Å². The zero-order valence-corrected chi connectivity index (χ0v) is 17.5. The van der Waals surface area contributed by atoms with E-state index >= 15 is 0 Å². The monoisotopic (exact) mass is 467 g/mol. The van der Waals surface area contributed by atoms with Gasteiger partial charge in [-0.3, -0.25) is 9.10 Å². The summed E-state index contributed by atoms with van der Waals surface area (Å²) < 4.78 is 30.4. The Labute approximate surface area is 171 Å². The number of benzene rings is 2. The average molecular weight is 468 g/mol. The first-order valence-corrected chi connectivity index (χ1v) is 10.6. The van der Waals surface area contributed by atoms with Gasteiger partial charge in [0.15, 0.2) is 0 Å². The van der Waals surface area contributed by atoms with Crippen molar-refractivity contribution in [3.05, 3.63) is 64.1 Å². The molecule has 8 nitrogen and oxygen atoms in total. The van der Waals surface area contributed by atoms with Crippen LogP contribution in [0.3, 0.4) is 0 Å². The molecule has 0 heterocycles. The van der Waals surface area contributed by atoms with Gasteiger partial charge in [-0.1, -0.05) is 34.1 Å². The van der Waals surface area contributed by atoms with Gasteiger partial charge in [0.25, 0.3) is 5.91 Å². The highest BCUT2D eigenvalue weighted by atomic mass is 79.9. The number of ether oxygens (including phenoxy) is 1. The van der Waals surface area contributed by atoms with E-state index in [0.717, 1.165) is 10.6 Å². The molecule has 2 rings (SSSR count). The zero-order valence-electron chi connectivity index (χ0n) is 15.1. The maximum Gasteiger partial charge on any atom is 0.337 e. The number of rotatable bonds is 7. The largest absolute Gasteiger partial charge is 0.465 e. The molecule has 0 saturated carbocycles. The predicted octanol–water partition coefficient (Wildman–Crippen LogP) is 2.15. The molecular weight excluding hydrogens is 450 g/mol. The standard InChI is InChI=1S/C18H18BrN3O5S/c1-27-18(24)14-8-6-13(7-9-14)11-20-21-17(23)12-22(28(2,25)26)16-5-3-4-15(19)10-16/h3-11H,12H2,1-2H3,(H,21,23)/b20-11+. The molecule has 10 heteroatoms. The van der Waals surface area contributed by atoms with Crippen molar-refractivity contribution in [1.29, 1.82) is 0 Å². The Balaban J connectivity index is 2.03. The molecule has 2 aromatic rings. The van der Waals surface area contributed by atoms with E-state index in [-0.39, 0.29) is 0 Å². The number of nitrogens with zero attached hydrogens (tertiary/aromatic N) is 2. The number of sulfonamides is 1. The second-order valence-corrected chi connectivity index (χ2v) is 8.48. The molecule has 0 unspecified atom stereocenters. The molecule has 0 aliphatic heterocycles. The van der Waals surface area contributed by atoms with E-state index in [4.69, 9.17) is 0 Å². The SMILES string of the molecule is COC(=O)c1ccc(/C=N/NC(=O)CN(c2cccc(Br)c2)S(C)(=O)=O)cc1. The first-order valence-electron chi connectivity index (χ1n) is 7.94. The number of amides is 1. The van der Waals surface area contributed by atoms with Gasteiger partial charge < -0.3 is 4.74 Å². The Morgan fingerprint density at radius 2 is 1.89 bits per heavy atom. The molecule has 0 bridgehead atoms. The molecule has 148 valence electrons. The molecule has 0 aliphatic rings. The number of hydrazone groups is 1. The third kappa shape index (κ3) is 6.17. The summed E-state index contributed by atoms with van der Waals surface area (Å²) in [7, 11) is -2.37. The fourth-order valence-electron chi connectivity index (χ4n) is 2.20. The van der Waals surface area contributed by atoms with E-state index in [0.29, 0.717) is 21.3 Å². The quantitative estimate of drug-likeness (QED) is 0.381. The van der Waals surface area contributed by atoms with Gasteiger partial charge in [0.05, 0.1) is 30.8 Å². The summed E-state index contributed by atoms with van der Waals surface area (Å²) in [5.74, 6) is -1.06. The van der Waals surface area contributed by atoms with Crippen LogP contribution in [-0.2, 0) is 19.6 Å². The van der Waals surface area contributed by atoms with Crippen molar-refractivity contribution in [2.45, 2.75) is 0 Å². The van der Waals surface area contributed by atoms with Crippen LogP contribution >= 0.6 is 15.9 Å². The molecule has 0 aliphatic carbocycles. The Morgan fingerprint density at radius 3 is 2.46 bits per heavy atom. The summed E-state index contributed by atoms with van der Waals surface area (Å²) in [6, 6.07) is 13.0. The van der Waals surface area contributed by atoms with E-state index in [9.17, 15) is 18.0 Å². The maximum absolute atomic E-state index is 12.1. The molecule has 0 fully saturated rings. The van der Waals surface area contributed by atoms with Gasteiger partial charge >= 0.3 is 5.97 Å². The van der Waals surface area contributed by atoms with Crippen LogP contribution in [0, 0.1) is 0 Å². The first kappa shape index (κ1) is 21.6. The molecule has 0 aromatic heterocycles. The lowest BCUT2D eigenvalue weighted by atomic mass is 10.1. The van der Waals surface area contributed by atoms with Crippen molar-refractivity contribution in [2.75, 3.05) is 24.2 Å². The highest BCUT2D eigenvalue weighted by Gasteiger charge is 2.20. The third-order valence-electron chi connectivity index (χ3n) is 3.52. The molecule has 2 aromatic carbocycles. The number of carbonyl (C=O) groups is 2. The summed E-state index contributed by atoms with van der Waals surface area (Å²) in [6.45, 7) is -0.423. The van der Waals surface area contributed by atoms with Crippen molar-refractivity contribution in [3.63, 3.8) is 0 Å². The molecule has 0 spiro atoms. The van der Waals surface area contributed by atoms with Crippen LogP contribution in [0.15, 0.2) is 58.1 Å². The smallest absolute Gasteiger partial charge is 0.337 e. The van der Waals surface area contributed by atoms with Gasteiger partial charge in [0, 0.05) is 4.47 Å². The van der Waals surface area contributed by atoms with Crippen molar-refractivity contribution < 1.29 is 22.7 Å². The van der Waals surface area contributed by atoms with Gasteiger partial charge in [0.2, 0.25) is 10.0 Å². The van der Waals surface area contributed by atoms with E-state index in [2.05, 4.69) is 31.2 Å². The number of hydrogen-bond donors (Lipinski definition) is 1. The van der Waals surface area contributed by atoms with Crippen LogP contribution in [-0.4, -0.2) is 46.4 Å². The van der Waals surface area contributed by atoms with Gasteiger partial charge in [-0.05, 0) is 35.9 Å². The van der Waals surface area contributed by atoms with E-state index in [1.165, 1.54) is 13.3 Å². The summed E-state index contributed by atoms with van der Waals surface area (Å²) >= 11 is 3.28. The van der Waals surface area contributed by atoms with E-state index in [1.807, 2.05) is 0 Å². The lowest BCUT2D eigenvalue weighted by molar-refractivity contribution is -0.119. The molecule has 0 saturated heterocycles. The fourth-order valence-corrected chi connectivity index (χ4v) is 3.43. The Bertz CT molecular complexity index is 991. The third-order valence-corrected chi connectivity index (χ3v) is 5.15. The molecular formula is C18H18BrN3O5S. The lowest BCUT2D eigenvalue weighted by Gasteiger charge is -2.21. The summed E-state index contributed by atoms with van der Waals surface area (Å²) in [4.78, 5) is 23.5. The van der Waals surface area contributed by atoms with Gasteiger partial charge in [-0.15, -0.1) is 0 Å². The minimum atomic E-state index is -3.67. The highest BCUT2D eigenvalue weighted by Crippen LogP contribution is 2.21. The fraction of sp³-hybridized carbons (Fsp3) is 0.167. The van der Waals surface area contributed by atoms with E-state index in [1.54, 1.807) is 48.5 Å². The predicted molar refractivity (Wildman–Crippen MR) is 110 cm³/mol. The number of carbonyl (C=O) groups excluding carboxylic acids is 2. The molecule has 28 heavy (non-hydrogen) atoms.